The predicted octanol–water partition coefficient (Wildman–Crippen LogP) is 2.56. The first kappa shape index (κ1) is 21.2. The summed E-state index contributed by atoms with van der Waals surface area (Å²) < 4.78 is 8.14. The van der Waals surface area contributed by atoms with Crippen LogP contribution in [-0.2, 0) is 23.1 Å². The molecule has 1 N–H and O–H groups in total. The average molecular weight is 437 g/mol. The zero-order valence-corrected chi connectivity index (χ0v) is 17.8. The van der Waals surface area contributed by atoms with Crippen molar-refractivity contribution >= 4 is 40.5 Å². The van der Waals surface area contributed by atoms with Crippen LogP contribution in [0.25, 0.3) is 11.2 Å². The number of rotatable bonds is 7. The van der Waals surface area contributed by atoms with Gasteiger partial charge in [-0.1, -0.05) is 42.4 Å². The summed E-state index contributed by atoms with van der Waals surface area (Å²) in [6, 6.07) is 7.22. The lowest BCUT2D eigenvalue weighted by Crippen LogP contribution is -2.29. The summed E-state index contributed by atoms with van der Waals surface area (Å²) in [5.41, 5.74) is 0.346. The third-order valence-electron chi connectivity index (χ3n) is 4.39. The van der Waals surface area contributed by atoms with Gasteiger partial charge in [0, 0.05) is 12.1 Å². The van der Waals surface area contributed by atoms with Crippen molar-refractivity contribution in [3.8, 4) is 0 Å². The molecule has 0 unspecified atom stereocenters. The molecule has 1 atom stereocenters. The zero-order valence-electron chi connectivity index (χ0n) is 16.3. The molecule has 0 saturated carbocycles. The van der Waals surface area contributed by atoms with Crippen molar-refractivity contribution in [1.29, 1.82) is 0 Å². The van der Waals surface area contributed by atoms with Gasteiger partial charge in [0.2, 0.25) is 0 Å². The second-order valence-corrected chi connectivity index (χ2v) is 7.97. The summed E-state index contributed by atoms with van der Waals surface area (Å²) in [6.45, 7) is 4.24. The Bertz CT molecular complexity index is 1150. The quantitative estimate of drug-likeness (QED) is 0.451. The third kappa shape index (κ3) is 4.40. The van der Waals surface area contributed by atoms with Crippen molar-refractivity contribution in [1.82, 2.24) is 19.1 Å². The van der Waals surface area contributed by atoms with Crippen molar-refractivity contribution in [2.75, 3.05) is 6.61 Å². The Hall–Kier alpha value is -2.52. The second kappa shape index (κ2) is 8.87. The number of aromatic amines is 1. The van der Waals surface area contributed by atoms with Crippen LogP contribution in [0.1, 0.15) is 25.8 Å². The summed E-state index contributed by atoms with van der Waals surface area (Å²) in [5.74, 6) is -0.340. The number of thioether (sulfide) groups is 1. The van der Waals surface area contributed by atoms with Crippen molar-refractivity contribution < 1.29 is 9.53 Å². The highest BCUT2D eigenvalue weighted by Gasteiger charge is 2.25. The van der Waals surface area contributed by atoms with Gasteiger partial charge in [0.15, 0.2) is 16.3 Å². The Kier molecular flexibility index (Phi) is 6.49. The van der Waals surface area contributed by atoms with Gasteiger partial charge in [-0.2, -0.15) is 0 Å². The number of carbonyl (C=O) groups excluding carboxylic acids is 1. The van der Waals surface area contributed by atoms with Gasteiger partial charge < -0.3 is 9.30 Å². The number of nitrogens with one attached hydrogen (secondary N) is 1. The van der Waals surface area contributed by atoms with Crippen LogP contribution in [0.3, 0.4) is 0 Å². The van der Waals surface area contributed by atoms with Gasteiger partial charge in [-0.3, -0.25) is 19.1 Å². The molecule has 29 heavy (non-hydrogen) atoms. The maximum absolute atomic E-state index is 12.6. The van der Waals surface area contributed by atoms with Gasteiger partial charge >= 0.3 is 11.7 Å². The number of halogens is 1. The zero-order chi connectivity index (χ0) is 21.1. The van der Waals surface area contributed by atoms with E-state index in [0.717, 1.165) is 5.56 Å². The van der Waals surface area contributed by atoms with Gasteiger partial charge in [0.25, 0.3) is 5.56 Å². The van der Waals surface area contributed by atoms with Crippen molar-refractivity contribution in [3.63, 3.8) is 0 Å². The molecular formula is C19H21ClN4O4S. The van der Waals surface area contributed by atoms with E-state index in [1.54, 1.807) is 23.6 Å². The van der Waals surface area contributed by atoms with Gasteiger partial charge in [-0.05, 0) is 31.0 Å². The Morgan fingerprint density at radius 1 is 1.28 bits per heavy atom. The number of benzene rings is 1. The Morgan fingerprint density at radius 2 is 1.97 bits per heavy atom. The third-order valence-corrected chi connectivity index (χ3v) is 5.98. The minimum atomic E-state index is -0.548. The molecule has 0 spiro atoms. The van der Waals surface area contributed by atoms with Crippen molar-refractivity contribution in [3.05, 3.63) is 55.7 Å². The fourth-order valence-electron chi connectivity index (χ4n) is 2.88. The van der Waals surface area contributed by atoms with E-state index in [0.29, 0.717) is 23.1 Å². The van der Waals surface area contributed by atoms with E-state index in [9.17, 15) is 14.4 Å². The van der Waals surface area contributed by atoms with E-state index >= 15 is 0 Å². The standard InChI is InChI=1S/C19H21ClN4O4S/c1-4-13(17(26)28-5-2)29-19-21-15-14(16(25)22-18(27)23(15)3)24(19)10-11-6-8-12(20)9-7-11/h6-9,13H,4-5,10H2,1-3H3,(H,22,25,27)/t13-/m0/s1. The van der Waals surface area contributed by atoms with E-state index in [1.807, 2.05) is 19.1 Å². The number of hydrogen-bond acceptors (Lipinski definition) is 6. The molecule has 0 bridgehead atoms. The highest BCUT2D eigenvalue weighted by molar-refractivity contribution is 8.00. The van der Waals surface area contributed by atoms with Crippen LogP contribution in [0.5, 0.6) is 0 Å². The number of hydrogen-bond donors (Lipinski definition) is 1. The molecular weight excluding hydrogens is 416 g/mol. The van der Waals surface area contributed by atoms with E-state index in [1.165, 1.54) is 23.4 Å². The number of imidazole rings is 1. The Labute approximate surface area is 175 Å². The van der Waals surface area contributed by atoms with Crippen LogP contribution in [0, 0.1) is 0 Å². The number of aryl methyl sites for hydroxylation is 1. The lowest BCUT2D eigenvalue weighted by molar-refractivity contribution is -0.142. The summed E-state index contributed by atoms with van der Waals surface area (Å²) in [4.78, 5) is 43.7. The van der Waals surface area contributed by atoms with Gasteiger partial charge in [-0.25, -0.2) is 9.78 Å². The smallest absolute Gasteiger partial charge is 0.329 e. The fourth-order valence-corrected chi connectivity index (χ4v) is 4.02. The first-order valence-corrected chi connectivity index (χ1v) is 10.4. The van der Waals surface area contributed by atoms with Gasteiger partial charge in [0.05, 0.1) is 13.2 Å². The number of ether oxygens (including phenoxy) is 1. The van der Waals surface area contributed by atoms with E-state index < -0.39 is 16.5 Å². The monoisotopic (exact) mass is 436 g/mol. The molecule has 0 saturated heterocycles. The minimum Gasteiger partial charge on any atom is -0.465 e. The number of esters is 1. The van der Waals surface area contributed by atoms with Crippen LogP contribution in [0.4, 0.5) is 0 Å². The van der Waals surface area contributed by atoms with Crippen molar-refractivity contribution in [2.45, 2.75) is 37.2 Å². The molecule has 2 heterocycles. The molecule has 3 aromatic rings. The van der Waals surface area contributed by atoms with E-state index in [2.05, 4.69) is 9.97 Å². The molecule has 10 heteroatoms. The summed E-state index contributed by atoms with van der Waals surface area (Å²) in [5, 5.41) is 0.584. The molecule has 3 rings (SSSR count). The van der Waals surface area contributed by atoms with Gasteiger partial charge in [-0.15, -0.1) is 0 Å². The lowest BCUT2D eigenvalue weighted by Gasteiger charge is -2.14. The minimum absolute atomic E-state index is 0.258. The molecule has 0 radical (unpaired) electrons. The molecule has 0 amide bonds. The number of fused-ring (bicyclic) bond motifs is 1. The SMILES string of the molecule is CCOC(=O)[C@H](CC)Sc1nc2c(c(=O)[nH]c(=O)n2C)n1Cc1ccc(Cl)cc1. The summed E-state index contributed by atoms with van der Waals surface area (Å²) in [6.07, 6.45) is 0.531. The molecule has 1 aromatic carbocycles. The van der Waals surface area contributed by atoms with Crippen LogP contribution >= 0.6 is 23.4 Å². The molecule has 8 nitrogen and oxygen atoms in total. The van der Waals surface area contributed by atoms with Gasteiger partial charge in [0.1, 0.15) is 5.25 Å². The van der Waals surface area contributed by atoms with Crippen LogP contribution in [0.15, 0.2) is 39.0 Å². The topological polar surface area (TPSA) is 99.0 Å². The van der Waals surface area contributed by atoms with Crippen molar-refractivity contribution in [2.24, 2.45) is 7.05 Å². The molecule has 0 aliphatic rings. The average Bonchev–Trinajstić information content (AvgIpc) is 3.04. The van der Waals surface area contributed by atoms with E-state index in [4.69, 9.17) is 16.3 Å². The van der Waals surface area contributed by atoms with E-state index in [-0.39, 0.29) is 23.7 Å². The number of aromatic nitrogens is 4. The normalized spacial score (nSPS) is 12.3. The maximum atomic E-state index is 12.6. The summed E-state index contributed by atoms with van der Waals surface area (Å²) >= 11 is 7.19. The molecule has 154 valence electrons. The predicted molar refractivity (Wildman–Crippen MR) is 113 cm³/mol. The number of H-pyrrole nitrogens is 1. The molecule has 0 aliphatic heterocycles. The first-order valence-electron chi connectivity index (χ1n) is 9.13. The number of nitrogens with zero attached hydrogens (tertiary/aromatic N) is 3. The highest BCUT2D eigenvalue weighted by atomic mass is 35.5. The fraction of sp³-hybridized carbons (Fsp3) is 0.368. The van der Waals surface area contributed by atoms with Crippen LogP contribution in [-0.4, -0.2) is 36.9 Å². The van der Waals surface area contributed by atoms with Crippen LogP contribution in [0.2, 0.25) is 5.02 Å². The maximum Gasteiger partial charge on any atom is 0.329 e. The number of carbonyl (C=O) groups is 1. The first-order chi connectivity index (χ1) is 13.8. The Balaban J connectivity index is 2.14. The largest absolute Gasteiger partial charge is 0.465 e. The Morgan fingerprint density at radius 3 is 2.59 bits per heavy atom. The molecule has 2 aromatic heterocycles. The lowest BCUT2D eigenvalue weighted by atomic mass is 10.2. The highest BCUT2D eigenvalue weighted by Crippen LogP contribution is 2.29. The summed E-state index contributed by atoms with van der Waals surface area (Å²) in [7, 11) is 1.54. The second-order valence-electron chi connectivity index (χ2n) is 6.36. The molecule has 0 aliphatic carbocycles. The van der Waals surface area contributed by atoms with Crippen LogP contribution < -0.4 is 11.2 Å². The molecule has 0 fully saturated rings.